The predicted octanol–water partition coefficient (Wildman–Crippen LogP) is 2.46. The van der Waals surface area contributed by atoms with Crippen molar-refractivity contribution in [3.05, 3.63) is 57.0 Å². The molecule has 0 radical (unpaired) electrons. The summed E-state index contributed by atoms with van der Waals surface area (Å²) in [5, 5.41) is 17.6. The van der Waals surface area contributed by atoms with Gasteiger partial charge in [-0.2, -0.15) is 0 Å². The zero-order chi connectivity index (χ0) is 20.1. The number of nitrogens with one attached hydrogen (secondary N) is 1. The van der Waals surface area contributed by atoms with Crippen LogP contribution in [0.15, 0.2) is 35.3 Å². The van der Waals surface area contributed by atoms with Gasteiger partial charge in [-0.15, -0.1) is 0 Å². The van der Waals surface area contributed by atoms with Gasteiger partial charge in [0.2, 0.25) is 0 Å². The van der Waals surface area contributed by atoms with Gasteiger partial charge >= 0.3 is 8.60 Å². The number of rotatable bonds is 3. The maximum Gasteiger partial charge on any atom is 0.399 e. The molecule has 0 saturated carbocycles. The minimum absolute atomic E-state index is 0.232. The van der Waals surface area contributed by atoms with Gasteiger partial charge in [0.05, 0.1) is 6.61 Å². The Morgan fingerprint density at radius 3 is 2.89 bits per heavy atom. The van der Waals surface area contributed by atoms with Crippen LogP contribution in [-0.4, -0.2) is 32.8 Å². The van der Waals surface area contributed by atoms with E-state index in [0.717, 1.165) is 0 Å². The molecule has 1 aromatic heterocycles. The summed E-state index contributed by atoms with van der Waals surface area (Å²) in [7, 11) is -1.54. The van der Waals surface area contributed by atoms with Crippen LogP contribution in [0, 0.1) is 10.6 Å². The first-order valence-electron chi connectivity index (χ1n) is 8.24. The summed E-state index contributed by atoms with van der Waals surface area (Å²) in [5.41, 5.74) is 0.412. The van der Waals surface area contributed by atoms with Crippen molar-refractivity contribution in [2.45, 2.75) is 32.0 Å². The Bertz CT molecular complexity index is 924. The predicted molar refractivity (Wildman–Crippen MR) is 98.2 cm³/mol. The Morgan fingerprint density at radius 2 is 2.21 bits per heavy atom. The van der Waals surface area contributed by atoms with Crippen LogP contribution in [0.3, 0.4) is 0 Å². The summed E-state index contributed by atoms with van der Waals surface area (Å²) < 4.78 is 35.0. The van der Waals surface area contributed by atoms with E-state index in [1.54, 1.807) is 10.8 Å². The fraction of sp³-hybridized carbons (Fsp3) is 0.375. The zero-order valence-corrected chi connectivity index (χ0v) is 16.2. The molecule has 3 N–H and O–H groups in total. The topological polar surface area (TPSA) is 115 Å². The van der Waals surface area contributed by atoms with Crippen molar-refractivity contribution in [3.63, 3.8) is 0 Å². The summed E-state index contributed by atoms with van der Waals surface area (Å²) >= 11 is 4.96. The molecule has 0 bridgehead atoms. The second-order valence-corrected chi connectivity index (χ2v) is 7.27. The average Bonchev–Trinajstić information content (AvgIpc) is 3.09. The van der Waals surface area contributed by atoms with Crippen molar-refractivity contribution in [3.8, 4) is 5.75 Å². The number of hydrogen-bond donors (Lipinski definition) is 3. The zero-order valence-electron chi connectivity index (χ0n) is 14.5. The number of aromatic nitrogens is 2. The Hall–Kier alpha value is -1.72. The summed E-state index contributed by atoms with van der Waals surface area (Å²) in [4.78, 5) is 13.4. The molecule has 3 heterocycles. The number of halogens is 1. The van der Waals surface area contributed by atoms with Crippen LogP contribution < -0.4 is 10.1 Å². The van der Waals surface area contributed by atoms with E-state index in [1.165, 1.54) is 24.3 Å². The van der Waals surface area contributed by atoms with Gasteiger partial charge in [0.25, 0.3) is 5.56 Å². The highest BCUT2D eigenvalue weighted by Crippen LogP contribution is 2.46. The summed E-state index contributed by atoms with van der Waals surface area (Å²) in [6, 6.07) is 5.55. The van der Waals surface area contributed by atoms with E-state index < -0.39 is 21.7 Å². The molecule has 2 aliphatic heterocycles. The molecular weight excluding hydrogens is 414 g/mol. The number of benzene rings is 1. The van der Waals surface area contributed by atoms with Crippen molar-refractivity contribution >= 4 is 20.8 Å². The van der Waals surface area contributed by atoms with Crippen LogP contribution in [0.5, 0.6) is 5.75 Å². The highest BCUT2D eigenvalue weighted by molar-refractivity contribution is 7.71. The molecular formula is C16H18FN2O7PS. The molecule has 152 valence electrons. The van der Waals surface area contributed by atoms with Crippen molar-refractivity contribution in [2.75, 3.05) is 6.79 Å². The molecule has 0 aliphatic carbocycles. The number of hydrogen-bond acceptors (Lipinski definition) is 8. The molecule has 2 aromatic rings. The summed E-state index contributed by atoms with van der Waals surface area (Å²) in [6.07, 6.45) is 1.86. The van der Waals surface area contributed by atoms with Crippen molar-refractivity contribution in [2.24, 2.45) is 0 Å². The van der Waals surface area contributed by atoms with E-state index in [9.17, 15) is 9.18 Å². The molecule has 1 saturated heterocycles. The fourth-order valence-corrected chi connectivity index (χ4v) is 3.69. The molecule has 1 fully saturated rings. The van der Waals surface area contributed by atoms with Gasteiger partial charge in [0, 0.05) is 24.2 Å². The second-order valence-electron chi connectivity index (χ2n) is 5.74. The minimum Gasteiger partial charge on any atom is -0.426 e. The number of ether oxygens (including phenoxy) is 1. The van der Waals surface area contributed by atoms with Gasteiger partial charge in [-0.25, -0.2) is 4.39 Å². The Balaban J connectivity index is 0.000000161. The summed E-state index contributed by atoms with van der Waals surface area (Å²) in [6.45, 7) is -0.221. The molecule has 0 spiro atoms. The normalized spacial score (nSPS) is 23.3. The van der Waals surface area contributed by atoms with Crippen LogP contribution in [0.25, 0.3) is 0 Å². The van der Waals surface area contributed by atoms with Gasteiger partial charge in [0.1, 0.15) is 17.8 Å². The lowest BCUT2D eigenvalue weighted by molar-refractivity contribution is -0.113. The quantitative estimate of drug-likeness (QED) is 0.385. The molecule has 2 unspecified atom stereocenters. The van der Waals surface area contributed by atoms with Crippen molar-refractivity contribution < 1.29 is 32.9 Å². The van der Waals surface area contributed by atoms with E-state index >= 15 is 0 Å². The van der Waals surface area contributed by atoms with E-state index in [-0.39, 0.29) is 24.2 Å². The first-order chi connectivity index (χ1) is 13.5. The van der Waals surface area contributed by atoms with E-state index in [0.29, 0.717) is 28.9 Å². The third-order valence-corrected chi connectivity index (χ3v) is 5.15. The van der Waals surface area contributed by atoms with E-state index in [4.69, 9.17) is 40.7 Å². The van der Waals surface area contributed by atoms with Gasteiger partial charge < -0.3 is 19.5 Å². The number of aliphatic hydroxyl groups excluding tert-OH is 2. The first kappa shape index (κ1) is 21.0. The van der Waals surface area contributed by atoms with Crippen LogP contribution >= 0.6 is 20.8 Å². The van der Waals surface area contributed by atoms with Crippen molar-refractivity contribution in [1.82, 2.24) is 9.55 Å². The van der Waals surface area contributed by atoms with Crippen LogP contribution in [0.4, 0.5) is 4.39 Å². The molecule has 3 atom stereocenters. The molecule has 12 heteroatoms. The molecule has 28 heavy (non-hydrogen) atoms. The maximum atomic E-state index is 12.8. The average molecular weight is 432 g/mol. The second kappa shape index (κ2) is 9.66. The number of fused-ring (bicyclic) bond motifs is 1. The van der Waals surface area contributed by atoms with E-state index in [1.807, 2.05) is 0 Å². The lowest BCUT2D eigenvalue weighted by Gasteiger charge is -2.22. The van der Waals surface area contributed by atoms with Gasteiger partial charge in [0.15, 0.2) is 17.9 Å². The number of nitrogens with zero attached hydrogens (tertiary/aromatic N) is 1. The highest BCUT2D eigenvalue weighted by Gasteiger charge is 2.24. The molecule has 4 rings (SSSR count). The Morgan fingerprint density at radius 1 is 1.39 bits per heavy atom. The highest BCUT2D eigenvalue weighted by atomic mass is 32.1. The van der Waals surface area contributed by atoms with Gasteiger partial charge in [-0.3, -0.25) is 23.4 Å². The molecule has 0 amide bonds. The third kappa shape index (κ3) is 5.42. The minimum atomic E-state index is -1.54. The van der Waals surface area contributed by atoms with Crippen LogP contribution in [-0.2, 0) is 20.4 Å². The SMILES string of the molecule is O=c1ccn(C2CC[C@@H](O)O2)c(=S)[nH]1.OCOP1OCc2cc(F)ccc2O1. The van der Waals surface area contributed by atoms with Crippen molar-refractivity contribution in [1.29, 1.82) is 0 Å². The number of H-pyrrole nitrogens is 1. The monoisotopic (exact) mass is 432 g/mol. The van der Waals surface area contributed by atoms with Gasteiger partial charge in [-0.1, -0.05) is 0 Å². The fourth-order valence-electron chi connectivity index (χ4n) is 2.55. The first-order valence-corrected chi connectivity index (χ1v) is 9.75. The molecule has 2 aliphatic rings. The number of aromatic amines is 1. The van der Waals surface area contributed by atoms with Crippen LogP contribution in [0.1, 0.15) is 24.6 Å². The maximum absolute atomic E-state index is 12.8. The molecule has 1 aromatic carbocycles. The Kier molecular flexibility index (Phi) is 7.24. The Labute approximate surface area is 165 Å². The van der Waals surface area contributed by atoms with Gasteiger partial charge in [-0.05, 0) is 36.8 Å². The summed E-state index contributed by atoms with van der Waals surface area (Å²) in [5.74, 6) is 0.211. The molecule has 9 nitrogen and oxygen atoms in total. The van der Waals surface area contributed by atoms with E-state index in [2.05, 4.69) is 4.98 Å². The third-order valence-electron chi connectivity index (χ3n) is 3.82. The lowest BCUT2D eigenvalue weighted by Crippen LogP contribution is -2.16. The largest absolute Gasteiger partial charge is 0.426 e. The van der Waals surface area contributed by atoms with Crippen LogP contribution in [0.2, 0.25) is 0 Å². The standard InChI is InChI=1S/C8H8FO4P.C8H10N2O3S/c9-7-1-2-8-6(3-7)4-11-14(13-8)12-5-10;11-5-3-4-10(8(14)9-5)6-1-2-7(12)13-6/h1-3,10H,4-5H2;3-4,6-7,12H,1-2H2,(H,9,11,14)/t;6?,7-/m.0/s1. The number of aliphatic hydroxyl groups is 2. The smallest absolute Gasteiger partial charge is 0.399 e. The lowest BCUT2D eigenvalue weighted by atomic mass is 10.2.